The van der Waals surface area contributed by atoms with Gasteiger partial charge in [0.25, 0.3) is 11.8 Å². The van der Waals surface area contributed by atoms with Gasteiger partial charge in [-0.15, -0.1) is 11.3 Å². The van der Waals surface area contributed by atoms with Crippen LogP contribution in [0.5, 0.6) is 5.75 Å². The topological polar surface area (TPSA) is 71.5 Å². The van der Waals surface area contributed by atoms with Crippen molar-refractivity contribution >= 4 is 33.4 Å². The van der Waals surface area contributed by atoms with E-state index in [9.17, 15) is 9.59 Å². The Kier molecular flexibility index (Phi) is 5.48. The first-order chi connectivity index (χ1) is 12.5. The van der Waals surface area contributed by atoms with Crippen LogP contribution in [0.25, 0.3) is 10.2 Å². The Morgan fingerprint density at radius 2 is 1.96 bits per heavy atom. The highest BCUT2D eigenvalue weighted by atomic mass is 32.1. The van der Waals surface area contributed by atoms with Gasteiger partial charge in [0.05, 0.1) is 16.8 Å². The second-order valence-corrected chi connectivity index (χ2v) is 6.98. The highest BCUT2D eigenvalue weighted by Crippen LogP contribution is 2.21. The van der Waals surface area contributed by atoms with Gasteiger partial charge in [0.1, 0.15) is 10.8 Å². The minimum absolute atomic E-state index is 0.0657. The summed E-state index contributed by atoms with van der Waals surface area (Å²) in [4.78, 5) is 29.9. The molecule has 7 heteroatoms. The lowest BCUT2D eigenvalue weighted by molar-refractivity contribution is -0.130. The summed E-state index contributed by atoms with van der Waals surface area (Å²) in [5.74, 6) is 0.122. The first-order valence-corrected chi connectivity index (χ1v) is 8.90. The Hall–Kier alpha value is -2.93. The number of rotatable bonds is 6. The minimum atomic E-state index is -0.214. The molecule has 0 bridgehead atoms. The number of hydrogen-bond donors (Lipinski definition) is 1. The second-order valence-electron chi connectivity index (χ2n) is 5.86. The van der Waals surface area contributed by atoms with Gasteiger partial charge in [-0.3, -0.25) is 9.59 Å². The number of para-hydroxylation sites is 1. The first kappa shape index (κ1) is 17.9. The van der Waals surface area contributed by atoms with Crippen molar-refractivity contribution in [1.29, 1.82) is 0 Å². The normalized spacial score (nSPS) is 10.5. The summed E-state index contributed by atoms with van der Waals surface area (Å²) in [5.41, 5.74) is 1.41. The number of hydrogen-bond acceptors (Lipinski definition) is 5. The van der Waals surface area contributed by atoms with Crippen LogP contribution in [0, 0.1) is 0 Å². The number of amides is 2. The zero-order valence-electron chi connectivity index (χ0n) is 14.6. The fourth-order valence-corrected chi connectivity index (χ4v) is 3.16. The molecule has 0 fully saturated rings. The molecule has 1 heterocycles. The summed E-state index contributed by atoms with van der Waals surface area (Å²) < 4.78 is 6.54. The Balaban J connectivity index is 1.60. The van der Waals surface area contributed by atoms with Crippen molar-refractivity contribution in [2.75, 3.05) is 20.7 Å². The highest BCUT2D eigenvalue weighted by molar-refractivity contribution is 7.18. The maximum atomic E-state index is 12.4. The number of thiazole rings is 1. The fraction of sp³-hybridized carbons (Fsp3) is 0.211. The molecular weight excluding hydrogens is 350 g/mol. The van der Waals surface area contributed by atoms with E-state index >= 15 is 0 Å². The predicted molar refractivity (Wildman–Crippen MR) is 101 cm³/mol. The van der Waals surface area contributed by atoms with Crippen LogP contribution in [0.4, 0.5) is 0 Å². The Morgan fingerprint density at radius 3 is 2.73 bits per heavy atom. The van der Waals surface area contributed by atoms with Crippen LogP contribution in [0.3, 0.4) is 0 Å². The molecule has 0 unspecified atom stereocenters. The van der Waals surface area contributed by atoms with E-state index in [2.05, 4.69) is 10.3 Å². The molecule has 2 aromatic carbocycles. The van der Waals surface area contributed by atoms with E-state index in [1.807, 2.05) is 24.3 Å². The van der Waals surface area contributed by atoms with Crippen molar-refractivity contribution in [2.24, 2.45) is 0 Å². The van der Waals surface area contributed by atoms with Gasteiger partial charge >= 0.3 is 0 Å². The zero-order valence-corrected chi connectivity index (χ0v) is 15.4. The third-order valence-corrected chi connectivity index (χ3v) is 4.73. The number of fused-ring (bicyclic) bond motifs is 1. The molecule has 0 aliphatic rings. The number of nitrogens with one attached hydrogen (secondary N) is 1. The molecule has 1 aromatic heterocycles. The lowest BCUT2D eigenvalue weighted by atomic mass is 10.2. The molecule has 1 N–H and O–H groups in total. The number of benzene rings is 2. The second kappa shape index (κ2) is 7.97. The molecular formula is C19H19N3O3S. The van der Waals surface area contributed by atoms with Crippen molar-refractivity contribution in [2.45, 2.75) is 6.54 Å². The van der Waals surface area contributed by atoms with Crippen LogP contribution in [0.2, 0.25) is 0 Å². The van der Waals surface area contributed by atoms with Crippen molar-refractivity contribution in [1.82, 2.24) is 15.2 Å². The smallest absolute Gasteiger partial charge is 0.259 e. The summed E-state index contributed by atoms with van der Waals surface area (Å²) in [5, 5.41) is 3.72. The summed E-state index contributed by atoms with van der Waals surface area (Å²) >= 11 is 1.56. The summed E-state index contributed by atoms with van der Waals surface area (Å²) in [6, 6.07) is 14.6. The fourth-order valence-electron chi connectivity index (χ4n) is 2.25. The van der Waals surface area contributed by atoms with Crippen LogP contribution in [-0.2, 0) is 11.3 Å². The van der Waals surface area contributed by atoms with Gasteiger partial charge in [-0.05, 0) is 30.3 Å². The third kappa shape index (κ3) is 4.37. The number of carbonyl (C=O) groups is 2. The molecule has 6 nitrogen and oxygen atoms in total. The Morgan fingerprint density at radius 1 is 1.15 bits per heavy atom. The van der Waals surface area contributed by atoms with E-state index in [1.165, 1.54) is 4.90 Å². The van der Waals surface area contributed by atoms with Crippen molar-refractivity contribution in [3.63, 3.8) is 0 Å². The average Bonchev–Trinajstić information content (AvgIpc) is 3.07. The quantitative estimate of drug-likeness (QED) is 0.725. The molecule has 0 atom stereocenters. The number of carbonyl (C=O) groups excluding carboxylic acids is 2. The van der Waals surface area contributed by atoms with E-state index in [4.69, 9.17) is 4.74 Å². The lowest BCUT2D eigenvalue weighted by Crippen LogP contribution is -2.27. The van der Waals surface area contributed by atoms with Gasteiger partial charge in [-0.2, -0.15) is 0 Å². The number of likely N-dealkylation sites (N-methyl/N-ethyl adjacent to an activating group) is 1. The van der Waals surface area contributed by atoms with Crippen LogP contribution in [0.1, 0.15) is 15.4 Å². The molecule has 134 valence electrons. The standard InChI is InChI=1S/C19H19N3O3S/c1-22(2)18(23)12-25-14-7-5-6-13(10-14)19(24)20-11-17-21-15-8-3-4-9-16(15)26-17/h3-10H,11-12H2,1-2H3,(H,20,24). The summed E-state index contributed by atoms with van der Waals surface area (Å²) in [6.45, 7) is 0.298. The number of ether oxygens (including phenoxy) is 1. The minimum Gasteiger partial charge on any atom is -0.484 e. The van der Waals surface area contributed by atoms with Crippen LogP contribution in [-0.4, -0.2) is 42.4 Å². The van der Waals surface area contributed by atoms with Crippen molar-refractivity contribution in [3.8, 4) is 5.75 Å². The summed E-state index contributed by atoms with van der Waals surface area (Å²) in [7, 11) is 3.33. The predicted octanol–water partition coefficient (Wildman–Crippen LogP) is 2.69. The van der Waals surface area contributed by atoms with E-state index in [0.717, 1.165) is 15.2 Å². The van der Waals surface area contributed by atoms with E-state index < -0.39 is 0 Å². The van der Waals surface area contributed by atoms with E-state index in [-0.39, 0.29) is 18.4 Å². The monoisotopic (exact) mass is 369 g/mol. The Labute approximate surface area is 155 Å². The Bertz CT molecular complexity index is 903. The van der Waals surface area contributed by atoms with Gasteiger partial charge in [-0.1, -0.05) is 18.2 Å². The van der Waals surface area contributed by atoms with Crippen molar-refractivity contribution < 1.29 is 14.3 Å². The average molecular weight is 369 g/mol. The molecule has 3 aromatic rings. The lowest BCUT2D eigenvalue weighted by Gasteiger charge is -2.12. The van der Waals surface area contributed by atoms with Crippen LogP contribution >= 0.6 is 11.3 Å². The maximum absolute atomic E-state index is 12.4. The SMILES string of the molecule is CN(C)C(=O)COc1cccc(C(=O)NCc2nc3ccccc3s2)c1. The molecule has 3 rings (SSSR count). The number of nitrogens with zero attached hydrogens (tertiary/aromatic N) is 2. The molecule has 0 spiro atoms. The molecule has 2 amide bonds. The number of aromatic nitrogens is 1. The molecule has 0 saturated carbocycles. The van der Waals surface area contributed by atoms with Gasteiger partial charge in [0.2, 0.25) is 0 Å². The highest BCUT2D eigenvalue weighted by Gasteiger charge is 2.10. The van der Waals surface area contributed by atoms with Gasteiger partial charge in [-0.25, -0.2) is 4.98 Å². The van der Waals surface area contributed by atoms with Crippen LogP contribution < -0.4 is 10.1 Å². The van der Waals surface area contributed by atoms with Gasteiger partial charge < -0.3 is 15.0 Å². The van der Waals surface area contributed by atoms with Crippen LogP contribution in [0.15, 0.2) is 48.5 Å². The van der Waals surface area contributed by atoms with E-state index in [0.29, 0.717) is 17.9 Å². The third-order valence-electron chi connectivity index (χ3n) is 3.70. The van der Waals surface area contributed by atoms with Gasteiger partial charge in [0.15, 0.2) is 6.61 Å². The molecule has 26 heavy (non-hydrogen) atoms. The molecule has 0 saturated heterocycles. The van der Waals surface area contributed by atoms with Gasteiger partial charge in [0, 0.05) is 19.7 Å². The first-order valence-electron chi connectivity index (χ1n) is 8.08. The maximum Gasteiger partial charge on any atom is 0.259 e. The summed E-state index contributed by atoms with van der Waals surface area (Å²) in [6.07, 6.45) is 0. The zero-order chi connectivity index (χ0) is 18.5. The van der Waals surface area contributed by atoms with E-state index in [1.54, 1.807) is 49.7 Å². The largest absolute Gasteiger partial charge is 0.484 e. The van der Waals surface area contributed by atoms with Crippen molar-refractivity contribution in [3.05, 3.63) is 59.1 Å². The molecule has 0 radical (unpaired) electrons. The molecule has 0 aliphatic carbocycles. The molecule has 0 aliphatic heterocycles.